The molecule has 278 valence electrons. The number of carbonyl (C=O) groups excluding carboxylic acids is 1. The third-order valence-corrected chi connectivity index (χ3v) is 10.9. The topological polar surface area (TPSA) is 98.1 Å². The largest absolute Gasteiger partial charge is 0.462 e. The number of carbonyl (C=O) groups is 1. The van der Waals surface area contributed by atoms with Crippen LogP contribution in [0.25, 0.3) is 10.8 Å². The van der Waals surface area contributed by atoms with Gasteiger partial charge in [0.05, 0.1) is 29.9 Å². The first-order valence-corrected chi connectivity index (χ1v) is 19.2. The molecule has 0 aliphatic carbocycles. The van der Waals surface area contributed by atoms with Gasteiger partial charge in [-0.25, -0.2) is 0 Å². The SMILES string of the molecule is C=CC(=O)N1CCN(c2nc(OCC3CCCN3CCCOCc3ccccc3S)nc3c2CCN(c2cccc4cccc(Cl)c24)C3)CC1.CC#N. The van der Waals surface area contributed by atoms with Gasteiger partial charge in [-0.15, -0.1) is 12.6 Å². The van der Waals surface area contributed by atoms with Gasteiger partial charge >= 0.3 is 6.01 Å². The molecule has 1 amide bonds. The van der Waals surface area contributed by atoms with Crippen molar-refractivity contribution >= 4 is 52.4 Å². The summed E-state index contributed by atoms with van der Waals surface area (Å²) in [6.45, 7) is 13.0. The lowest BCUT2D eigenvalue weighted by Crippen LogP contribution is -2.49. The van der Waals surface area contributed by atoms with E-state index in [9.17, 15) is 4.79 Å². The normalized spacial score (nSPS) is 17.2. The quantitative estimate of drug-likeness (QED) is 0.0937. The van der Waals surface area contributed by atoms with E-state index in [1.54, 1.807) is 6.07 Å². The number of aromatic nitrogens is 2. The summed E-state index contributed by atoms with van der Waals surface area (Å²) in [7, 11) is 0. The molecule has 10 nitrogen and oxygen atoms in total. The molecule has 0 saturated carbocycles. The molecular weight excluding hydrogens is 706 g/mol. The van der Waals surface area contributed by atoms with Crippen LogP contribution in [0, 0.1) is 11.3 Å². The molecule has 1 aromatic heterocycles. The average Bonchev–Trinajstić information content (AvgIpc) is 3.64. The second-order valence-corrected chi connectivity index (χ2v) is 14.3. The van der Waals surface area contributed by atoms with Crippen molar-refractivity contribution in [3.05, 3.63) is 95.2 Å². The molecule has 2 saturated heterocycles. The van der Waals surface area contributed by atoms with Crippen molar-refractivity contribution in [2.24, 2.45) is 0 Å². The number of fused-ring (bicyclic) bond motifs is 2. The summed E-state index contributed by atoms with van der Waals surface area (Å²) >= 11 is 11.3. The zero-order chi connectivity index (χ0) is 37.2. The van der Waals surface area contributed by atoms with Gasteiger partial charge in [-0.1, -0.05) is 60.6 Å². The van der Waals surface area contributed by atoms with Gasteiger partial charge in [-0.3, -0.25) is 9.69 Å². The molecule has 1 unspecified atom stereocenters. The van der Waals surface area contributed by atoms with Crippen LogP contribution >= 0.6 is 24.2 Å². The van der Waals surface area contributed by atoms with E-state index in [-0.39, 0.29) is 5.91 Å². The molecule has 0 spiro atoms. The van der Waals surface area contributed by atoms with Crippen molar-refractivity contribution in [2.75, 3.05) is 68.8 Å². The second kappa shape index (κ2) is 18.6. The smallest absolute Gasteiger partial charge is 0.318 e. The molecule has 3 aliphatic heterocycles. The molecule has 3 aliphatic rings. The van der Waals surface area contributed by atoms with Crippen LogP contribution in [0.2, 0.25) is 5.02 Å². The number of benzene rings is 3. The standard InChI is InChI=1S/C39H45ClN6O3S.C2H3N/c1-2-36(47)44-20-22-45(23-21-44)38-31-16-19-46(34-14-6-11-28-10-5-13-32(40)37(28)34)25-33(31)41-39(42-38)49-27-30-12-7-17-43(30)18-8-24-48-26-29-9-3-4-15-35(29)50;1-2-3/h2-6,9-11,13-15,30,50H,1,7-8,12,16-27H2;1H3. The molecule has 0 radical (unpaired) electrons. The van der Waals surface area contributed by atoms with Crippen LogP contribution in [0.5, 0.6) is 6.01 Å². The fraction of sp³-hybridized carbons (Fsp3) is 0.415. The number of anilines is 2. The maximum Gasteiger partial charge on any atom is 0.318 e. The average molecular weight is 754 g/mol. The summed E-state index contributed by atoms with van der Waals surface area (Å²) in [5.74, 6) is 0.896. The van der Waals surface area contributed by atoms with E-state index in [2.05, 4.69) is 64.2 Å². The lowest BCUT2D eigenvalue weighted by molar-refractivity contribution is -0.126. The predicted octanol–water partition coefficient (Wildman–Crippen LogP) is 6.95. The molecule has 12 heteroatoms. The van der Waals surface area contributed by atoms with Crippen LogP contribution in [0.4, 0.5) is 11.5 Å². The van der Waals surface area contributed by atoms with Crippen molar-refractivity contribution in [2.45, 2.75) is 56.7 Å². The molecule has 4 aromatic rings. The Balaban J connectivity index is 0.00000155. The summed E-state index contributed by atoms with van der Waals surface area (Å²) in [6, 6.07) is 22.9. The van der Waals surface area contributed by atoms with Crippen LogP contribution in [-0.4, -0.2) is 90.7 Å². The fourth-order valence-electron chi connectivity index (χ4n) is 7.46. The first-order valence-electron chi connectivity index (χ1n) is 18.4. The minimum Gasteiger partial charge on any atom is -0.462 e. The van der Waals surface area contributed by atoms with Crippen LogP contribution in [-0.2, 0) is 29.1 Å². The first kappa shape index (κ1) is 38.4. The van der Waals surface area contributed by atoms with Crippen molar-refractivity contribution in [3.8, 4) is 12.1 Å². The molecule has 2 fully saturated rings. The number of halogens is 1. The molecule has 7 rings (SSSR count). The summed E-state index contributed by atoms with van der Waals surface area (Å²) in [5.41, 5.74) is 4.36. The van der Waals surface area contributed by atoms with Gasteiger partial charge in [0, 0.05) is 80.4 Å². The van der Waals surface area contributed by atoms with Gasteiger partial charge in [0.2, 0.25) is 5.91 Å². The molecule has 0 bridgehead atoms. The van der Waals surface area contributed by atoms with Crippen LogP contribution < -0.4 is 14.5 Å². The van der Waals surface area contributed by atoms with E-state index >= 15 is 0 Å². The lowest BCUT2D eigenvalue weighted by atomic mass is 10.0. The second-order valence-electron chi connectivity index (χ2n) is 13.5. The van der Waals surface area contributed by atoms with Crippen LogP contribution in [0.15, 0.2) is 78.2 Å². The highest BCUT2D eigenvalue weighted by Crippen LogP contribution is 2.37. The number of rotatable bonds is 12. The summed E-state index contributed by atoms with van der Waals surface area (Å²) < 4.78 is 12.5. The van der Waals surface area contributed by atoms with E-state index in [0.29, 0.717) is 64.6 Å². The lowest BCUT2D eigenvalue weighted by Gasteiger charge is -2.38. The van der Waals surface area contributed by atoms with Crippen LogP contribution in [0.1, 0.15) is 43.0 Å². The van der Waals surface area contributed by atoms with Gasteiger partial charge < -0.3 is 24.2 Å². The van der Waals surface area contributed by atoms with Crippen molar-refractivity contribution < 1.29 is 14.3 Å². The number of amides is 1. The van der Waals surface area contributed by atoms with Gasteiger partial charge in [-0.2, -0.15) is 15.2 Å². The minimum atomic E-state index is -0.0292. The highest BCUT2D eigenvalue weighted by atomic mass is 35.5. The Morgan fingerprint density at radius 3 is 2.58 bits per heavy atom. The molecule has 53 heavy (non-hydrogen) atoms. The fourth-order valence-corrected chi connectivity index (χ4v) is 7.97. The molecule has 3 aromatic carbocycles. The number of nitriles is 1. The maximum absolute atomic E-state index is 12.3. The number of hydrogen-bond acceptors (Lipinski definition) is 10. The molecular formula is C41H48ClN7O3S. The van der Waals surface area contributed by atoms with Gasteiger partial charge in [0.15, 0.2) is 0 Å². The Hall–Kier alpha value is -4.34. The molecule has 4 heterocycles. The van der Waals surface area contributed by atoms with Gasteiger partial charge in [-0.05, 0) is 67.5 Å². The van der Waals surface area contributed by atoms with Crippen molar-refractivity contribution in [3.63, 3.8) is 0 Å². The summed E-state index contributed by atoms with van der Waals surface area (Å²) in [6.07, 6.45) is 5.38. The molecule has 0 N–H and O–H groups in total. The number of nitrogens with zero attached hydrogens (tertiary/aromatic N) is 7. The number of likely N-dealkylation sites (tertiary alicyclic amines) is 1. The van der Waals surface area contributed by atoms with E-state index in [4.69, 9.17) is 36.3 Å². The number of thiol groups is 1. The van der Waals surface area contributed by atoms with Crippen molar-refractivity contribution in [1.82, 2.24) is 19.8 Å². The van der Waals surface area contributed by atoms with Crippen molar-refractivity contribution in [1.29, 1.82) is 5.26 Å². The number of hydrogen-bond donors (Lipinski definition) is 1. The zero-order valence-electron chi connectivity index (χ0n) is 30.4. The zero-order valence-corrected chi connectivity index (χ0v) is 32.1. The maximum atomic E-state index is 12.3. The van der Waals surface area contributed by atoms with E-state index in [0.717, 1.165) is 94.3 Å². The first-order chi connectivity index (χ1) is 25.9. The number of ether oxygens (including phenoxy) is 2. The van der Waals surface area contributed by atoms with Gasteiger partial charge in [0.25, 0.3) is 0 Å². The number of piperazine rings is 1. The van der Waals surface area contributed by atoms with E-state index < -0.39 is 0 Å². The Labute approximate surface area is 323 Å². The monoisotopic (exact) mass is 753 g/mol. The van der Waals surface area contributed by atoms with E-state index in [1.807, 2.05) is 35.2 Å². The Kier molecular flexibility index (Phi) is 13.5. The van der Waals surface area contributed by atoms with E-state index in [1.165, 1.54) is 13.0 Å². The summed E-state index contributed by atoms with van der Waals surface area (Å²) in [5, 5.41) is 10.3. The summed E-state index contributed by atoms with van der Waals surface area (Å²) in [4.78, 5) is 32.4. The Morgan fingerprint density at radius 1 is 1.04 bits per heavy atom. The Morgan fingerprint density at radius 2 is 1.81 bits per heavy atom. The Bertz CT molecular complexity index is 1920. The third-order valence-electron chi connectivity index (χ3n) is 10.1. The molecule has 1 atom stereocenters. The highest BCUT2D eigenvalue weighted by Gasteiger charge is 2.30. The third kappa shape index (κ3) is 9.43. The minimum absolute atomic E-state index is 0.0292. The van der Waals surface area contributed by atoms with Crippen LogP contribution in [0.3, 0.4) is 0 Å². The highest BCUT2D eigenvalue weighted by molar-refractivity contribution is 7.80. The van der Waals surface area contributed by atoms with Gasteiger partial charge in [0.1, 0.15) is 12.4 Å². The predicted molar refractivity (Wildman–Crippen MR) is 214 cm³/mol.